The van der Waals surface area contributed by atoms with E-state index >= 15 is 0 Å². The van der Waals surface area contributed by atoms with E-state index in [2.05, 4.69) is 10.6 Å². The van der Waals surface area contributed by atoms with Gasteiger partial charge in [-0.15, -0.1) is 0 Å². The quantitative estimate of drug-likeness (QED) is 0.677. The van der Waals surface area contributed by atoms with E-state index in [1.54, 1.807) is 36.4 Å². The third kappa shape index (κ3) is 5.19. The molecule has 3 aromatic carbocycles. The van der Waals surface area contributed by atoms with Crippen molar-refractivity contribution >= 4 is 23.4 Å². The van der Waals surface area contributed by atoms with Gasteiger partial charge >= 0.3 is 0 Å². The van der Waals surface area contributed by atoms with E-state index in [0.29, 0.717) is 17.1 Å². The average Bonchev–Trinajstić information content (AvgIpc) is 2.72. The highest BCUT2D eigenvalue weighted by atomic mass is 35.5. The number of carbonyl (C=O) groups is 2. The molecule has 27 heavy (non-hydrogen) atoms. The summed E-state index contributed by atoms with van der Waals surface area (Å²) in [5.74, 6) is -0.577. The van der Waals surface area contributed by atoms with Crippen molar-refractivity contribution in [3.8, 4) is 0 Å². The van der Waals surface area contributed by atoms with Gasteiger partial charge in [0.15, 0.2) is 0 Å². The lowest BCUT2D eigenvalue weighted by Gasteiger charge is -2.19. The Morgan fingerprint density at radius 1 is 0.815 bits per heavy atom. The van der Waals surface area contributed by atoms with Gasteiger partial charge in [-0.25, -0.2) is 0 Å². The lowest BCUT2D eigenvalue weighted by atomic mass is 10.1. The molecule has 136 valence electrons. The smallest absolute Gasteiger partial charge is 0.252 e. The van der Waals surface area contributed by atoms with Gasteiger partial charge in [-0.2, -0.15) is 0 Å². The van der Waals surface area contributed by atoms with E-state index in [0.717, 1.165) is 11.1 Å². The van der Waals surface area contributed by atoms with Gasteiger partial charge in [0.25, 0.3) is 5.91 Å². The molecule has 0 heterocycles. The first-order valence-corrected chi connectivity index (χ1v) is 8.94. The molecular formula is C22H19ClN2O2. The van der Waals surface area contributed by atoms with E-state index in [1.165, 1.54) is 0 Å². The predicted octanol–water partition coefficient (Wildman–Crippen LogP) is 4.13. The number of carbonyl (C=O) groups excluding carboxylic acids is 2. The van der Waals surface area contributed by atoms with Crippen LogP contribution in [0.25, 0.3) is 0 Å². The van der Waals surface area contributed by atoms with Gasteiger partial charge in [-0.05, 0) is 35.4 Å². The normalized spacial score (nSPS) is 11.4. The predicted molar refractivity (Wildman–Crippen MR) is 106 cm³/mol. The van der Waals surface area contributed by atoms with Crippen molar-refractivity contribution in [2.24, 2.45) is 0 Å². The van der Waals surface area contributed by atoms with Crippen LogP contribution in [0.1, 0.15) is 27.5 Å². The Bertz CT molecular complexity index is 897. The van der Waals surface area contributed by atoms with Gasteiger partial charge in [0.2, 0.25) is 5.91 Å². The number of rotatable bonds is 6. The molecule has 0 fully saturated rings. The number of hydrogen-bond acceptors (Lipinski definition) is 2. The summed E-state index contributed by atoms with van der Waals surface area (Å²) < 4.78 is 0. The minimum absolute atomic E-state index is 0.277. The standard InChI is InChI=1S/C22H19ClN2O2/c23-19-13-11-16(12-14-19)15-24-22(27)20(17-7-3-1-4-8-17)25-21(26)18-9-5-2-6-10-18/h1-14,20H,15H2,(H,24,27)(H,25,26). The Morgan fingerprint density at radius 2 is 1.41 bits per heavy atom. The minimum atomic E-state index is -0.786. The topological polar surface area (TPSA) is 58.2 Å². The highest BCUT2D eigenvalue weighted by Crippen LogP contribution is 2.15. The van der Waals surface area contributed by atoms with Gasteiger partial charge in [0, 0.05) is 17.1 Å². The molecule has 0 aliphatic carbocycles. The molecule has 5 heteroatoms. The van der Waals surface area contributed by atoms with Crippen LogP contribution in [0.3, 0.4) is 0 Å². The molecule has 0 radical (unpaired) electrons. The summed E-state index contributed by atoms with van der Waals surface area (Å²) in [5, 5.41) is 6.34. The Kier molecular flexibility index (Phi) is 6.23. The molecule has 0 saturated carbocycles. The average molecular weight is 379 g/mol. The van der Waals surface area contributed by atoms with E-state index in [1.807, 2.05) is 48.5 Å². The number of halogens is 1. The second-order valence-electron chi connectivity index (χ2n) is 6.03. The number of benzene rings is 3. The van der Waals surface area contributed by atoms with Crippen LogP contribution in [-0.4, -0.2) is 11.8 Å². The van der Waals surface area contributed by atoms with Gasteiger partial charge in [-0.1, -0.05) is 72.3 Å². The van der Waals surface area contributed by atoms with Crippen LogP contribution >= 0.6 is 11.6 Å². The zero-order valence-corrected chi connectivity index (χ0v) is 15.3. The van der Waals surface area contributed by atoms with Crippen LogP contribution in [0, 0.1) is 0 Å². The van der Waals surface area contributed by atoms with Gasteiger partial charge < -0.3 is 10.6 Å². The van der Waals surface area contributed by atoms with Crippen molar-refractivity contribution in [3.63, 3.8) is 0 Å². The molecule has 0 spiro atoms. The first kappa shape index (κ1) is 18.7. The maximum absolute atomic E-state index is 12.8. The molecule has 0 saturated heterocycles. The molecule has 0 bridgehead atoms. The maximum atomic E-state index is 12.8. The molecule has 1 atom stereocenters. The molecule has 0 aliphatic heterocycles. The molecule has 4 nitrogen and oxygen atoms in total. The maximum Gasteiger partial charge on any atom is 0.252 e. The Hall–Kier alpha value is -3.11. The first-order valence-electron chi connectivity index (χ1n) is 8.56. The van der Waals surface area contributed by atoms with E-state index in [9.17, 15) is 9.59 Å². The summed E-state index contributed by atoms with van der Waals surface area (Å²) in [6.45, 7) is 0.348. The largest absolute Gasteiger partial charge is 0.350 e. The highest BCUT2D eigenvalue weighted by Gasteiger charge is 2.23. The zero-order chi connectivity index (χ0) is 19.1. The summed E-state index contributed by atoms with van der Waals surface area (Å²) in [4.78, 5) is 25.3. The van der Waals surface area contributed by atoms with Crippen molar-refractivity contribution in [1.29, 1.82) is 0 Å². The number of nitrogens with one attached hydrogen (secondary N) is 2. The second-order valence-corrected chi connectivity index (χ2v) is 6.46. The molecule has 2 N–H and O–H groups in total. The molecular weight excluding hydrogens is 360 g/mol. The van der Waals surface area contributed by atoms with Crippen molar-refractivity contribution < 1.29 is 9.59 Å². The lowest BCUT2D eigenvalue weighted by molar-refractivity contribution is -0.123. The third-order valence-corrected chi connectivity index (χ3v) is 4.34. The molecule has 0 aromatic heterocycles. The fourth-order valence-electron chi connectivity index (χ4n) is 2.64. The SMILES string of the molecule is O=C(NC(C(=O)NCc1ccc(Cl)cc1)c1ccccc1)c1ccccc1. The van der Waals surface area contributed by atoms with Gasteiger partial charge in [0.1, 0.15) is 6.04 Å². The molecule has 0 aliphatic rings. The Balaban J connectivity index is 1.74. The number of amides is 2. The van der Waals surface area contributed by atoms with Crippen LogP contribution < -0.4 is 10.6 Å². The fourth-order valence-corrected chi connectivity index (χ4v) is 2.77. The van der Waals surface area contributed by atoms with Crippen LogP contribution in [0.2, 0.25) is 5.02 Å². The highest BCUT2D eigenvalue weighted by molar-refractivity contribution is 6.30. The monoisotopic (exact) mass is 378 g/mol. The third-order valence-electron chi connectivity index (χ3n) is 4.09. The first-order chi connectivity index (χ1) is 13.1. The van der Waals surface area contributed by atoms with Crippen LogP contribution in [0.4, 0.5) is 0 Å². The van der Waals surface area contributed by atoms with E-state index < -0.39 is 6.04 Å². The molecule has 3 rings (SSSR count). The van der Waals surface area contributed by atoms with Gasteiger partial charge in [-0.3, -0.25) is 9.59 Å². The summed E-state index contributed by atoms with van der Waals surface area (Å²) in [5.41, 5.74) is 2.15. The minimum Gasteiger partial charge on any atom is -0.350 e. The van der Waals surface area contributed by atoms with Crippen LogP contribution in [0.5, 0.6) is 0 Å². The lowest BCUT2D eigenvalue weighted by Crippen LogP contribution is -2.40. The molecule has 3 aromatic rings. The van der Waals surface area contributed by atoms with Crippen molar-refractivity contribution in [1.82, 2.24) is 10.6 Å². The van der Waals surface area contributed by atoms with Crippen LogP contribution in [-0.2, 0) is 11.3 Å². The van der Waals surface area contributed by atoms with E-state index in [4.69, 9.17) is 11.6 Å². The van der Waals surface area contributed by atoms with Crippen LogP contribution in [0.15, 0.2) is 84.9 Å². The summed E-state index contributed by atoms with van der Waals surface area (Å²) >= 11 is 5.89. The van der Waals surface area contributed by atoms with Crippen molar-refractivity contribution in [2.75, 3.05) is 0 Å². The summed E-state index contributed by atoms with van der Waals surface area (Å²) in [6.07, 6.45) is 0. The summed E-state index contributed by atoms with van der Waals surface area (Å²) in [6, 6.07) is 24.5. The molecule has 1 unspecified atom stereocenters. The van der Waals surface area contributed by atoms with Crippen molar-refractivity contribution in [2.45, 2.75) is 12.6 Å². The van der Waals surface area contributed by atoms with Gasteiger partial charge in [0.05, 0.1) is 0 Å². The Morgan fingerprint density at radius 3 is 2.04 bits per heavy atom. The zero-order valence-electron chi connectivity index (χ0n) is 14.6. The number of hydrogen-bond donors (Lipinski definition) is 2. The Labute approximate surface area is 163 Å². The second kappa shape index (κ2) is 9.01. The van der Waals surface area contributed by atoms with Crippen molar-refractivity contribution in [3.05, 3.63) is 107 Å². The fraction of sp³-hybridized carbons (Fsp3) is 0.0909. The van der Waals surface area contributed by atoms with E-state index in [-0.39, 0.29) is 11.8 Å². The summed E-state index contributed by atoms with van der Waals surface area (Å²) in [7, 11) is 0. The molecule has 2 amide bonds.